The molecule has 2 N–H and O–H groups in total. The summed E-state index contributed by atoms with van der Waals surface area (Å²) in [6.07, 6.45) is 1.51. The molecule has 0 aliphatic carbocycles. The highest BCUT2D eigenvalue weighted by Crippen LogP contribution is 2.18. The van der Waals surface area contributed by atoms with Crippen LogP contribution in [0.2, 0.25) is 0 Å². The number of aromatic hydroxyl groups is 1. The molecule has 0 radical (unpaired) electrons. The number of nitrogens with zero attached hydrogens (tertiary/aromatic N) is 2. The molecular formula is C17H14BrN3O2. The van der Waals surface area contributed by atoms with E-state index in [1.165, 1.54) is 17.0 Å². The molecule has 0 atom stereocenters. The van der Waals surface area contributed by atoms with E-state index in [2.05, 4.69) is 26.0 Å². The Hall–Kier alpha value is -2.60. The molecule has 116 valence electrons. The Morgan fingerprint density at radius 1 is 1.22 bits per heavy atom. The van der Waals surface area contributed by atoms with Crippen molar-refractivity contribution in [2.75, 3.05) is 0 Å². The number of hydrogen-bond donors (Lipinski definition) is 2. The fourth-order valence-corrected chi connectivity index (χ4v) is 2.46. The summed E-state index contributed by atoms with van der Waals surface area (Å²) in [5.74, 6) is 0.137. The molecule has 0 unspecified atom stereocenters. The van der Waals surface area contributed by atoms with Gasteiger partial charge in [0.1, 0.15) is 5.75 Å². The van der Waals surface area contributed by atoms with Gasteiger partial charge < -0.3 is 5.11 Å². The van der Waals surface area contributed by atoms with Crippen LogP contribution >= 0.6 is 15.9 Å². The molecule has 0 spiro atoms. The van der Waals surface area contributed by atoms with Crippen molar-refractivity contribution in [3.05, 3.63) is 74.6 Å². The lowest BCUT2D eigenvalue weighted by Gasteiger charge is -2.00. The molecule has 2 aromatic carbocycles. The van der Waals surface area contributed by atoms with Crippen LogP contribution < -0.4 is 5.56 Å². The van der Waals surface area contributed by atoms with Crippen LogP contribution in [0.25, 0.3) is 5.69 Å². The third-order valence-corrected chi connectivity index (χ3v) is 3.90. The number of phenols is 1. The van der Waals surface area contributed by atoms with Crippen molar-refractivity contribution < 1.29 is 5.11 Å². The summed E-state index contributed by atoms with van der Waals surface area (Å²) < 4.78 is 2.43. The predicted molar refractivity (Wildman–Crippen MR) is 94.2 cm³/mol. The van der Waals surface area contributed by atoms with Gasteiger partial charge in [-0.05, 0) is 43.3 Å². The zero-order chi connectivity index (χ0) is 16.4. The molecule has 3 aromatic rings. The number of benzene rings is 2. The Morgan fingerprint density at radius 3 is 2.65 bits per heavy atom. The van der Waals surface area contributed by atoms with Crippen LogP contribution in [0.5, 0.6) is 5.75 Å². The molecule has 23 heavy (non-hydrogen) atoms. The van der Waals surface area contributed by atoms with Crippen molar-refractivity contribution in [2.24, 2.45) is 4.99 Å². The first kappa shape index (κ1) is 15.3. The Morgan fingerprint density at radius 2 is 1.96 bits per heavy atom. The van der Waals surface area contributed by atoms with E-state index in [9.17, 15) is 9.90 Å². The molecule has 6 heteroatoms. The normalized spacial score (nSPS) is 11.2. The minimum Gasteiger partial charge on any atom is -0.508 e. The number of hydrogen-bond acceptors (Lipinski definition) is 3. The molecular weight excluding hydrogens is 358 g/mol. The Bertz CT molecular complexity index is 924. The van der Waals surface area contributed by atoms with Gasteiger partial charge in [-0.3, -0.25) is 14.9 Å². The molecule has 0 amide bonds. The van der Waals surface area contributed by atoms with Crippen molar-refractivity contribution in [3.63, 3.8) is 0 Å². The fraction of sp³-hybridized carbons (Fsp3) is 0.0588. The number of H-pyrrole nitrogens is 1. The van der Waals surface area contributed by atoms with Crippen LogP contribution in [0.15, 0.2) is 62.8 Å². The summed E-state index contributed by atoms with van der Waals surface area (Å²) in [6.45, 7) is 1.82. The maximum absolute atomic E-state index is 12.5. The minimum atomic E-state index is -0.172. The smallest absolute Gasteiger partial charge is 0.280 e. The maximum Gasteiger partial charge on any atom is 0.280 e. The number of nitrogens with one attached hydrogen (secondary N) is 1. The van der Waals surface area contributed by atoms with E-state index in [1.54, 1.807) is 18.2 Å². The van der Waals surface area contributed by atoms with Gasteiger partial charge in [-0.2, -0.15) is 0 Å². The van der Waals surface area contributed by atoms with Crippen LogP contribution in [0.3, 0.4) is 0 Å². The largest absolute Gasteiger partial charge is 0.508 e. The van der Waals surface area contributed by atoms with Crippen LogP contribution in [0, 0.1) is 6.92 Å². The zero-order valence-corrected chi connectivity index (χ0v) is 13.9. The van der Waals surface area contributed by atoms with Crippen molar-refractivity contribution in [3.8, 4) is 11.4 Å². The van der Waals surface area contributed by atoms with Crippen molar-refractivity contribution in [2.45, 2.75) is 6.92 Å². The Balaban J connectivity index is 1.98. The molecule has 0 bridgehead atoms. The van der Waals surface area contributed by atoms with Gasteiger partial charge >= 0.3 is 0 Å². The lowest BCUT2D eigenvalue weighted by molar-refractivity contribution is 0.475. The van der Waals surface area contributed by atoms with Crippen molar-refractivity contribution >= 4 is 27.8 Å². The van der Waals surface area contributed by atoms with Crippen molar-refractivity contribution in [1.29, 1.82) is 0 Å². The first-order chi connectivity index (χ1) is 11.0. The summed E-state index contributed by atoms with van der Waals surface area (Å²) in [4.78, 5) is 16.8. The molecule has 0 fully saturated rings. The Kier molecular flexibility index (Phi) is 4.16. The van der Waals surface area contributed by atoms with E-state index in [0.29, 0.717) is 11.3 Å². The highest BCUT2D eigenvalue weighted by atomic mass is 79.9. The lowest BCUT2D eigenvalue weighted by Crippen LogP contribution is -2.17. The molecule has 0 aliphatic rings. The topological polar surface area (TPSA) is 70.4 Å². The minimum absolute atomic E-state index is 0.137. The van der Waals surface area contributed by atoms with E-state index in [4.69, 9.17) is 0 Å². The van der Waals surface area contributed by atoms with Gasteiger partial charge in [0, 0.05) is 22.4 Å². The Labute approximate surface area is 141 Å². The van der Waals surface area contributed by atoms with Crippen LogP contribution in [-0.2, 0) is 0 Å². The van der Waals surface area contributed by atoms with Crippen LogP contribution in [0.4, 0.5) is 5.69 Å². The number of rotatable bonds is 3. The van der Waals surface area contributed by atoms with E-state index >= 15 is 0 Å². The SMILES string of the molecule is Cc1[nH]n(-c2ccc(Br)cc2)c(=O)c1C=Nc1cccc(O)c1. The third-order valence-electron chi connectivity index (χ3n) is 3.37. The van der Waals surface area contributed by atoms with Crippen molar-refractivity contribution in [1.82, 2.24) is 9.78 Å². The number of aromatic amines is 1. The summed E-state index contributed by atoms with van der Waals surface area (Å²) in [5, 5.41) is 12.5. The average Bonchev–Trinajstić information content (AvgIpc) is 2.81. The fourth-order valence-electron chi connectivity index (χ4n) is 2.20. The lowest BCUT2D eigenvalue weighted by atomic mass is 10.2. The van der Waals surface area contributed by atoms with E-state index in [1.807, 2.05) is 31.2 Å². The second-order valence-electron chi connectivity index (χ2n) is 5.05. The maximum atomic E-state index is 12.5. The number of aryl methyl sites for hydroxylation is 1. The molecule has 0 saturated carbocycles. The standard InChI is InChI=1S/C17H14BrN3O2/c1-11-16(10-19-13-3-2-4-15(22)9-13)17(23)21(20-11)14-7-5-12(18)6-8-14/h2-10,20,22H,1H3. The van der Waals surface area contributed by atoms with E-state index in [-0.39, 0.29) is 11.3 Å². The number of phenolic OH excluding ortho intramolecular Hbond substituents is 1. The summed E-state index contributed by atoms with van der Waals surface area (Å²) >= 11 is 3.37. The van der Waals surface area contributed by atoms with Gasteiger partial charge in [-0.15, -0.1) is 0 Å². The molecule has 0 aliphatic heterocycles. The quantitative estimate of drug-likeness (QED) is 0.689. The molecule has 1 heterocycles. The first-order valence-corrected chi connectivity index (χ1v) is 7.74. The second kappa shape index (κ2) is 6.26. The second-order valence-corrected chi connectivity index (χ2v) is 5.96. The van der Waals surface area contributed by atoms with Gasteiger partial charge in [0.25, 0.3) is 5.56 Å². The average molecular weight is 372 g/mol. The van der Waals surface area contributed by atoms with Gasteiger partial charge in [-0.1, -0.05) is 22.0 Å². The molecule has 0 saturated heterocycles. The zero-order valence-electron chi connectivity index (χ0n) is 12.3. The monoisotopic (exact) mass is 371 g/mol. The summed E-state index contributed by atoms with van der Waals surface area (Å²) in [6, 6.07) is 14.0. The van der Waals surface area contributed by atoms with Crippen LogP contribution in [-0.4, -0.2) is 21.1 Å². The number of aromatic nitrogens is 2. The van der Waals surface area contributed by atoms with Gasteiger partial charge in [0.15, 0.2) is 0 Å². The summed E-state index contributed by atoms with van der Waals surface area (Å²) in [5.41, 5.74) is 2.37. The van der Waals surface area contributed by atoms with E-state index < -0.39 is 0 Å². The number of halogens is 1. The first-order valence-electron chi connectivity index (χ1n) is 6.95. The summed E-state index contributed by atoms with van der Waals surface area (Å²) in [7, 11) is 0. The van der Waals surface area contributed by atoms with Gasteiger partial charge in [-0.25, -0.2) is 4.68 Å². The molecule has 3 rings (SSSR count). The third kappa shape index (κ3) is 3.27. The highest BCUT2D eigenvalue weighted by molar-refractivity contribution is 9.10. The van der Waals surface area contributed by atoms with Gasteiger partial charge in [0.05, 0.1) is 16.9 Å². The van der Waals surface area contributed by atoms with Crippen LogP contribution in [0.1, 0.15) is 11.3 Å². The number of aliphatic imine (C=N–C) groups is 1. The van der Waals surface area contributed by atoms with E-state index in [0.717, 1.165) is 15.9 Å². The molecule has 5 nitrogen and oxygen atoms in total. The van der Waals surface area contributed by atoms with Gasteiger partial charge in [0.2, 0.25) is 0 Å². The molecule has 1 aromatic heterocycles. The predicted octanol–water partition coefficient (Wildman–Crippen LogP) is 3.69. The highest BCUT2D eigenvalue weighted by Gasteiger charge is 2.10.